The lowest BCUT2D eigenvalue weighted by molar-refractivity contribution is 0.0599. The van der Waals surface area contributed by atoms with Gasteiger partial charge in [0, 0.05) is 13.1 Å². The van der Waals surface area contributed by atoms with Gasteiger partial charge >= 0.3 is 11.9 Å². The molecule has 1 aliphatic heterocycles. The number of carbonyl (C=O) groups is 2. The van der Waals surface area contributed by atoms with Crippen molar-refractivity contribution < 1.29 is 27.5 Å². The summed E-state index contributed by atoms with van der Waals surface area (Å²) in [4.78, 5) is 25.9. The van der Waals surface area contributed by atoms with E-state index in [0.717, 1.165) is 31.6 Å². The van der Waals surface area contributed by atoms with Gasteiger partial charge in [0.2, 0.25) is 0 Å². The Morgan fingerprint density at radius 3 is 2.03 bits per heavy atom. The molecule has 0 bridgehead atoms. The first-order valence-electron chi connectivity index (χ1n) is 9.24. The Kier molecular flexibility index (Phi) is 6.16. The van der Waals surface area contributed by atoms with Crippen molar-refractivity contribution in [1.29, 1.82) is 0 Å². The monoisotopic (exact) mass is 433 g/mol. The number of anilines is 3. The summed E-state index contributed by atoms with van der Waals surface area (Å²) in [7, 11) is -1.66. The average molecular weight is 433 g/mol. The van der Waals surface area contributed by atoms with E-state index in [-0.39, 0.29) is 21.7 Å². The van der Waals surface area contributed by atoms with E-state index in [9.17, 15) is 18.0 Å². The molecular weight excluding hydrogens is 410 g/mol. The third kappa shape index (κ3) is 4.48. The minimum Gasteiger partial charge on any atom is -0.465 e. The van der Waals surface area contributed by atoms with Gasteiger partial charge in [-0.15, -0.1) is 0 Å². The fourth-order valence-electron chi connectivity index (χ4n) is 3.32. The Hall–Kier alpha value is -3.27. The Balaban J connectivity index is 1.93. The molecule has 0 radical (unpaired) electrons. The number of rotatable bonds is 6. The van der Waals surface area contributed by atoms with Gasteiger partial charge in [0.25, 0.3) is 10.0 Å². The van der Waals surface area contributed by atoms with Gasteiger partial charge < -0.3 is 20.1 Å². The highest BCUT2D eigenvalue weighted by atomic mass is 32.2. The van der Waals surface area contributed by atoms with Crippen molar-refractivity contribution in [3.05, 3.63) is 47.5 Å². The smallest absolute Gasteiger partial charge is 0.337 e. The number of carbonyl (C=O) groups excluding carboxylic acids is 2. The normalized spacial score (nSPS) is 13.7. The summed E-state index contributed by atoms with van der Waals surface area (Å²) < 4.78 is 37.5. The second kappa shape index (κ2) is 8.62. The van der Waals surface area contributed by atoms with Crippen molar-refractivity contribution in [3.8, 4) is 0 Å². The molecule has 30 heavy (non-hydrogen) atoms. The first-order chi connectivity index (χ1) is 14.2. The zero-order valence-electron chi connectivity index (χ0n) is 16.7. The van der Waals surface area contributed by atoms with Crippen LogP contribution in [0.3, 0.4) is 0 Å². The second-order valence-electron chi connectivity index (χ2n) is 6.80. The zero-order chi connectivity index (χ0) is 21.9. The lowest BCUT2D eigenvalue weighted by atomic mass is 10.1. The highest BCUT2D eigenvalue weighted by Crippen LogP contribution is 2.30. The minimum atomic E-state index is -4.03. The minimum absolute atomic E-state index is 0.00185. The molecule has 0 amide bonds. The van der Waals surface area contributed by atoms with Gasteiger partial charge in [-0.05, 0) is 49.2 Å². The molecule has 1 saturated heterocycles. The van der Waals surface area contributed by atoms with Crippen LogP contribution in [-0.4, -0.2) is 47.7 Å². The molecule has 3 N–H and O–H groups in total. The highest BCUT2D eigenvalue weighted by Gasteiger charge is 2.21. The maximum absolute atomic E-state index is 12.9. The molecule has 0 spiro atoms. The van der Waals surface area contributed by atoms with Gasteiger partial charge in [0.05, 0.1) is 47.3 Å². The Labute approximate surface area is 174 Å². The van der Waals surface area contributed by atoms with Crippen LogP contribution in [0.5, 0.6) is 0 Å². The van der Waals surface area contributed by atoms with E-state index < -0.39 is 22.0 Å². The van der Waals surface area contributed by atoms with Gasteiger partial charge in [-0.2, -0.15) is 0 Å². The summed E-state index contributed by atoms with van der Waals surface area (Å²) in [6.45, 7) is 1.76. The van der Waals surface area contributed by atoms with Gasteiger partial charge in [0.1, 0.15) is 0 Å². The fourth-order valence-corrected chi connectivity index (χ4v) is 4.39. The number of methoxy groups -OCH3 is 2. The lowest BCUT2D eigenvalue weighted by Crippen LogP contribution is -2.20. The average Bonchev–Trinajstić information content (AvgIpc) is 3.26. The maximum Gasteiger partial charge on any atom is 0.337 e. The van der Waals surface area contributed by atoms with Crippen LogP contribution < -0.4 is 15.4 Å². The van der Waals surface area contributed by atoms with E-state index in [1.807, 2.05) is 0 Å². The van der Waals surface area contributed by atoms with E-state index in [1.54, 1.807) is 6.07 Å². The molecule has 0 unspecified atom stereocenters. The Morgan fingerprint density at radius 2 is 1.53 bits per heavy atom. The number of nitrogens with one attached hydrogen (secondary N) is 1. The summed E-state index contributed by atoms with van der Waals surface area (Å²) in [5.74, 6) is -1.44. The summed E-state index contributed by atoms with van der Waals surface area (Å²) in [6.07, 6.45) is 2.14. The van der Waals surface area contributed by atoms with E-state index >= 15 is 0 Å². The number of nitrogens with two attached hydrogens (primary N) is 1. The van der Waals surface area contributed by atoms with Gasteiger partial charge in [-0.25, -0.2) is 18.0 Å². The van der Waals surface area contributed by atoms with Crippen LogP contribution in [-0.2, 0) is 19.5 Å². The SMILES string of the molecule is COC(=O)c1cc(NS(=O)(=O)c2ccc(N3CCCC3)c(N)c2)cc(C(=O)OC)c1. The number of esters is 2. The van der Waals surface area contributed by atoms with Crippen molar-refractivity contribution in [2.24, 2.45) is 0 Å². The molecule has 0 aromatic heterocycles. The van der Waals surface area contributed by atoms with Gasteiger partial charge in [-0.3, -0.25) is 4.72 Å². The summed E-state index contributed by atoms with van der Waals surface area (Å²) in [6, 6.07) is 8.35. The maximum atomic E-state index is 12.9. The largest absolute Gasteiger partial charge is 0.465 e. The number of hydrogen-bond acceptors (Lipinski definition) is 8. The first kappa shape index (κ1) is 21.4. The fraction of sp³-hybridized carbons (Fsp3) is 0.300. The molecule has 1 aliphatic rings. The van der Waals surface area contributed by atoms with E-state index in [2.05, 4.69) is 19.1 Å². The van der Waals surface area contributed by atoms with Crippen LogP contribution in [0, 0.1) is 0 Å². The Morgan fingerprint density at radius 1 is 0.967 bits per heavy atom. The lowest BCUT2D eigenvalue weighted by Gasteiger charge is -2.20. The molecule has 0 aliphatic carbocycles. The topological polar surface area (TPSA) is 128 Å². The molecule has 160 valence electrons. The van der Waals surface area contributed by atoms with Crippen LogP contribution in [0.15, 0.2) is 41.3 Å². The number of hydrogen-bond donors (Lipinski definition) is 2. The predicted molar refractivity (Wildman–Crippen MR) is 112 cm³/mol. The molecule has 2 aromatic rings. The standard InChI is InChI=1S/C20H23N3O6S/c1-28-19(24)13-9-14(20(25)29-2)11-15(10-13)22-30(26,27)16-5-6-18(17(21)12-16)23-7-3-4-8-23/h5-6,9-12,22H,3-4,7-8,21H2,1-2H3. The Bertz CT molecular complexity index is 1040. The quantitative estimate of drug-likeness (QED) is 0.524. The number of benzene rings is 2. The van der Waals surface area contributed by atoms with Crippen molar-refractivity contribution in [2.45, 2.75) is 17.7 Å². The molecular formula is C20H23N3O6S. The highest BCUT2D eigenvalue weighted by molar-refractivity contribution is 7.92. The number of ether oxygens (including phenoxy) is 2. The van der Waals surface area contributed by atoms with Crippen LogP contribution in [0.25, 0.3) is 0 Å². The molecule has 10 heteroatoms. The van der Waals surface area contributed by atoms with Gasteiger partial charge in [-0.1, -0.05) is 0 Å². The third-order valence-corrected chi connectivity index (χ3v) is 6.16. The van der Waals surface area contributed by atoms with Crippen molar-refractivity contribution in [1.82, 2.24) is 0 Å². The predicted octanol–water partition coefficient (Wildman–Crippen LogP) is 2.24. The molecule has 3 rings (SSSR count). The van der Waals surface area contributed by atoms with Crippen LogP contribution >= 0.6 is 0 Å². The summed E-state index contributed by atoms with van der Waals surface area (Å²) >= 11 is 0. The van der Waals surface area contributed by atoms with E-state index in [0.29, 0.717) is 5.69 Å². The van der Waals surface area contributed by atoms with E-state index in [1.165, 1.54) is 44.6 Å². The number of sulfonamides is 1. The molecule has 1 heterocycles. The third-order valence-electron chi connectivity index (χ3n) is 4.78. The number of nitrogens with zero attached hydrogens (tertiary/aromatic N) is 1. The van der Waals surface area contributed by atoms with Gasteiger partial charge in [0.15, 0.2) is 0 Å². The van der Waals surface area contributed by atoms with Crippen LogP contribution in [0.1, 0.15) is 33.6 Å². The van der Waals surface area contributed by atoms with Crippen LogP contribution in [0.4, 0.5) is 17.1 Å². The van der Waals surface area contributed by atoms with Crippen molar-refractivity contribution in [2.75, 3.05) is 42.7 Å². The summed E-state index contributed by atoms with van der Waals surface area (Å²) in [5.41, 5.74) is 7.27. The molecule has 0 atom stereocenters. The molecule has 0 saturated carbocycles. The van der Waals surface area contributed by atoms with Crippen molar-refractivity contribution >= 4 is 39.0 Å². The zero-order valence-corrected chi connectivity index (χ0v) is 17.5. The molecule has 9 nitrogen and oxygen atoms in total. The number of nitrogen functional groups attached to an aromatic ring is 1. The summed E-state index contributed by atoms with van der Waals surface area (Å²) in [5, 5.41) is 0. The molecule has 2 aromatic carbocycles. The van der Waals surface area contributed by atoms with Crippen LogP contribution in [0.2, 0.25) is 0 Å². The second-order valence-corrected chi connectivity index (χ2v) is 8.48. The first-order valence-corrected chi connectivity index (χ1v) is 10.7. The van der Waals surface area contributed by atoms with Crippen molar-refractivity contribution in [3.63, 3.8) is 0 Å². The van der Waals surface area contributed by atoms with E-state index in [4.69, 9.17) is 5.73 Å². The molecule has 1 fully saturated rings.